The van der Waals surface area contributed by atoms with Crippen molar-refractivity contribution in [2.75, 3.05) is 7.11 Å². The van der Waals surface area contributed by atoms with E-state index in [1.165, 1.54) is 13.3 Å². The van der Waals surface area contributed by atoms with Crippen molar-refractivity contribution in [3.63, 3.8) is 0 Å². The van der Waals surface area contributed by atoms with Crippen molar-refractivity contribution in [2.45, 2.75) is 37.2 Å². The first-order chi connectivity index (χ1) is 9.43. The molecule has 1 unspecified atom stereocenters. The van der Waals surface area contributed by atoms with Crippen LogP contribution in [0.3, 0.4) is 0 Å². The quantitative estimate of drug-likeness (QED) is 0.520. The molecule has 0 saturated heterocycles. The van der Waals surface area contributed by atoms with Gasteiger partial charge in [-0.15, -0.1) is 0 Å². The van der Waals surface area contributed by atoms with E-state index in [1.54, 1.807) is 11.6 Å². The average Bonchev–Trinajstić information content (AvgIpc) is 2.82. The Morgan fingerprint density at radius 2 is 2.15 bits per heavy atom. The number of nitrogens with one attached hydrogen (secondary N) is 1. The van der Waals surface area contributed by atoms with Gasteiger partial charge in [-0.2, -0.15) is 5.10 Å². The largest absolute Gasteiger partial charge is 0.468 e. The number of nitrogens with zero attached hydrogens (tertiary/aromatic N) is 3. The van der Waals surface area contributed by atoms with Crippen molar-refractivity contribution in [3.8, 4) is 0 Å². The third kappa shape index (κ3) is 2.69. The van der Waals surface area contributed by atoms with Gasteiger partial charge >= 0.3 is 5.97 Å². The topological polar surface area (TPSA) is 89.9 Å². The minimum atomic E-state index is -0.448. The number of esters is 1. The number of rotatable bonds is 4. The van der Waals surface area contributed by atoms with Crippen LogP contribution < -0.4 is 5.56 Å². The molecule has 2 aromatic heterocycles. The van der Waals surface area contributed by atoms with Crippen LogP contribution in [0.15, 0.2) is 16.1 Å². The second kappa shape index (κ2) is 5.66. The molecule has 0 bridgehead atoms. The number of carbonyl (C=O) groups is 1. The minimum absolute atomic E-state index is 0.0951. The lowest BCUT2D eigenvalue weighted by molar-refractivity contribution is -0.139. The second-order valence-electron chi connectivity index (χ2n) is 4.57. The Bertz CT molecular complexity index is 692. The SMILES string of the molecule is COC(=O)C(C)Sc1nc2c(cnn2C(C)C)c(=O)[nH]1. The van der Waals surface area contributed by atoms with Gasteiger partial charge in [0.1, 0.15) is 10.6 Å². The van der Waals surface area contributed by atoms with Crippen LogP contribution in [0.4, 0.5) is 0 Å². The lowest BCUT2D eigenvalue weighted by Crippen LogP contribution is -2.17. The Morgan fingerprint density at radius 3 is 2.75 bits per heavy atom. The molecule has 0 aliphatic rings. The van der Waals surface area contributed by atoms with Crippen LogP contribution in [0.5, 0.6) is 0 Å². The molecule has 0 amide bonds. The van der Waals surface area contributed by atoms with Crippen LogP contribution in [-0.2, 0) is 9.53 Å². The van der Waals surface area contributed by atoms with Gasteiger partial charge in [-0.25, -0.2) is 9.67 Å². The van der Waals surface area contributed by atoms with Crippen molar-refractivity contribution in [2.24, 2.45) is 0 Å². The first-order valence-electron chi connectivity index (χ1n) is 6.16. The van der Waals surface area contributed by atoms with Crippen LogP contribution in [0, 0.1) is 0 Å². The molecule has 108 valence electrons. The Labute approximate surface area is 119 Å². The zero-order valence-corrected chi connectivity index (χ0v) is 12.5. The standard InChI is InChI=1S/C12H16N4O3S/c1-6(2)16-9-8(5-13-16)10(17)15-12(14-9)20-7(3)11(18)19-4/h5-7H,1-4H3,(H,14,15,17). The molecule has 2 heterocycles. The molecular weight excluding hydrogens is 280 g/mol. The summed E-state index contributed by atoms with van der Waals surface area (Å²) in [6.07, 6.45) is 1.50. The maximum Gasteiger partial charge on any atom is 0.318 e. The molecule has 0 aromatic carbocycles. The zero-order valence-electron chi connectivity index (χ0n) is 11.7. The fraction of sp³-hybridized carbons (Fsp3) is 0.500. The highest BCUT2D eigenvalue weighted by molar-refractivity contribution is 8.00. The Hall–Kier alpha value is -1.83. The van der Waals surface area contributed by atoms with Gasteiger partial charge in [0.15, 0.2) is 10.8 Å². The maximum atomic E-state index is 12.0. The van der Waals surface area contributed by atoms with Crippen molar-refractivity contribution in [3.05, 3.63) is 16.6 Å². The predicted octanol–water partition coefficient (Wildman–Crippen LogP) is 1.35. The molecule has 0 aliphatic carbocycles. The summed E-state index contributed by atoms with van der Waals surface area (Å²) in [6.45, 7) is 5.61. The summed E-state index contributed by atoms with van der Waals surface area (Å²) in [5, 5.41) is 4.53. The molecule has 0 saturated carbocycles. The molecule has 0 spiro atoms. The van der Waals surface area contributed by atoms with Crippen molar-refractivity contribution < 1.29 is 9.53 Å². The first-order valence-corrected chi connectivity index (χ1v) is 7.04. The molecule has 7 nitrogen and oxygen atoms in total. The van der Waals surface area contributed by atoms with E-state index < -0.39 is 5.25 Å². The lowest BCUT2D eigenvalue weighted by Gasteiger charge is -2.09. The van der Waals surface area contributed by atoms with Gasteiger partial charge in [0, 0.05) is 6.04 Å². The predicted molar refractivity (Wildman–Crippen MR) is 75.9 cm³/mol. The van der Waals surface area contributed by atoms with E-state index in [4.69, 9.17) is 0 Å². The third-order valence-electron chi connectivity index (χ3n) is 2.75. The smallest absolute Gasteiger partial charge is 0.318 e. The number of aromatic nitrogens is 4. The van der Waals surface area contributed by atoms with Crippen LogP contribution in [-0.4, -0.2) is 38.1 Å². The Balaban J connectivity index is 2.43. The van der Waals surface area contributed by atoms with Gasteiger partial charge in [0.25, 0.3) is 5.56 Å². The first kappa shape index (κ1) is 14.6. The Kier molecular flexibility index (Phi) is 4.12. The summed E-state index contributed by atoms with van der Waals surface area (Å²) in [7, 11) is 1.33. The highest BCUT2D eigenvalue weighted by Gasteiger charge is 2.18. The van der Waals surface area contributed by atoms with E-state index in [0.717, 1.165) is 11.8 Å². The van der Waals surface area contributed by atoms with Crippen LogP contribution >= 0.6 is 11.8 Å². The van der Waals surface area contributed by atoms with E-state index in [-0.39, 0.29) is 17.6 Å². The highest BCUT2D eigenvalue weighted by atomic mass is 32.2. The van der Waals surface area contributed by atoms with E-state index in [0.29, 0.717) is 16.2 Å². The van der Waals surface area contributed by atoms with E-state index >= 15 is 0 Å². The Morgan fingerprint density at radius 1 is 1.45 bits per heavy atom. The summed E-state index contributed by atoms with van der Waals surface area (Å²) in [5.41, 5.74) is 0.254. The van der Waals surface area contributed by atoms with Crippen molar-refractivity contribution >= 4 is 28.8 Å². The molecule has 0 aliphatic heterocycles. The molecule has 1 atom stereocenters. The van der Waals surface area contributed by atoms with Crippen molar-refractivity contribution in [1.29, 1.82) is 0 Å². The number of ether oxygens (including phenoxy) is 1. The monoisotopic (exact) mass is 296 g/mol. The molecular formula is C12H16N4O3S. The number of thioether (sulfide) groups is 1. The number of hydrogen-bond acceptors (Lipinski definition) is 6. The summed E-state index contributed by atoms with van der Waals surface area (Å²) >= 11 is 1.15. The van der Waals surface area contributed by atoms with Crippen LogP contribution in [0.2, 0.25) is 0 Å². The summed E-state index contributed by atoms with van der Waals surface area (Å²) < 4.78 is 6.33. The molecule has 0 fully saturated rings. The van der Waals surface area contributed by atoms with E-state index in [1.807, 2.05) is 13.8 Å². The number of fused-ring (bicyclic) bond motifs is 1. The van der Waals surface area contributed by atoms with Crippen LogP contribution in [0.25, 0.3) is 11.0 Å². The number of hydrogen-bond donors (Lipinski definition) is 1. The fourth-order valence-electron chi connectivity index (χ4n) is 1.73. The molecule has 1 N–H and O–H groups in total. The van der Waals surface area contributed by atoms with Gasteiger partial charge in [-0.3, -0.25) is 9.59 Å². The fourth-order valence-corrected chi connectivity index (χ4v) is 2.55. The van der Waals surface area contributed by atoms with E-state index in [2.05, 4.69) is 19.8 Å². The molecule has 20 heavy (non-hydrogen) atoms. The second-order valence-corrected chi connectivity index (χ2v) is 5.90. The number of carbonyl (C=O) groups excluding carboxylic acids is 1. The summed E-state index contributed by atoms with van der Waals surface area (Å²) in [6, 6.07) is 0.0951. The molecule has 0 radical (unpaired) electrons. The zero-order chi connectivity index (χ0) is 14.9. The molecule has 2 rings (SSSR count). The lowest BCUT2D eigenvalue weighted by atomic mass is 10.4. The number of methoxy groups -OCH3 is 1. The van der Waals surface area contributed by atoms with Gasteiger partial charge in [-0.1, -0.05) is 11.8 Å². The van der Waals surface area contributed by atoms with Gasteiger partial charge < -0.3 is 9.72 Å². The maximum absolute atomic E-state index is 12.0. The molecule has 8 heteroatoms. The number of aromatic amines is 1. The van der Waals surface area contributed by atoms with Gasteiger partial charge in [0.2, 0.25) is 0 Å². The normalized spacial score (nSPS) is 12.8. The average molecular weight is 296 g/mol. The van der Waals surface area contributed by atoms with E-state index in [9.17, 15) is 9.59 Å². The summed E-state index contributed by atoms with van der Waals surface area (Å²) in [5.74, 6) is -0.366. The molecule has 2 aromatic rings. The highest BCUT2D eigenvalue weighted by Crippen LogP contribution is 2.21. The van der Waals surface area contributed by atoms with Crippen molar-refractivity contribution in [1.82, 2.24) is 19.7 Å². The minimum Gasteiger partial charge on any atom is -0.468 e. The number of H-pyrrole nitrogens is 1. The van der Waals surface area contributed by atoms with Gasteiger partial charge in [0.05, 0.1) is 13.3 Å². The van der Waals surface area contributed by atoms with Crippen LogP contribution in [0.1, 0.15) is 26.8 Å². The third-order valence-corrected chi connectivity index (χ3v) is 3.71. The summed E-state index contributed by atoms with van der Waals surface area (Å²) in [4.78, 5) is 30.4. The van der Waals surface area contributed by atoms with Gasteiger partial charge in [-0.05, 0) is 20.8 Å².